The van der Waals surface area contributed by atoms with E-state index in [4.69, 9.17) is 10.5 Å². The average Bonchev–Trinajstić information content (AvgIpc) is 2.60. The van der Waals surface area contributed by atoms with Gasteiger partial charge in [-0.2, -0.15) is 0 Å². The van der Waals surface area contributed by atoms with Crippen molar-refractivity contribution in [2.75, 3.05) is 20.6 Å². The molecule has 2 N–H and O–H groups in total. The number of nitrogens with two attached hydrogens (primary N) is 1. The zero-order valence-corrected chi connectivity index (χ0v) is 15.0. The fourth-order valence-electron chi connectivity index (χ4n) is 2.67. The maximum absolute atomic E-state index is 11.6. The number of nitro groups is 1. The highest BCUT2D eigenvalue weighted by Gasteiger charge is 2.27. The maximum atomic E-state index is 11.6. The SMILES string of the molecule is CN(C)CCCc1ccc(C(N)=O)c([N+](=O)[O-])c1OCc1ccccc1. The highest BCUT2D eigenvalue weighted by atomic mass is 16.6. The van der Waals surface area contributed by atoms with Crippen molar-refractivity contribution in [3.63, 3.8) is 0 Å². The molecule has 138 valence electrons. The molecule has 7 heteroatoms. The molecular formula is C19H23N3O4. The summed E-state index contributed by atoms with van der Waals surface area (Å²) in [7, 11) is 3.93. The van der Waals surface area contributed by atoms with Crippen LogP contribution in [0.1, 0.15) is 27.9 Å². The van der Waals surface area contributed by atoms with Crippen molar-refractivity contribution in [3.05, 3.63) is 69.3 Å². The van der Waals surface area contributed by atoms with Crippen LogP contribution in [0.4, 0.5) is 5.69 Å². The minimum Gasteiger partial charge on any atom is -0.482 e. The molecule has 0 fully saturated rings. The number of amides is 1. The van der Waals surface area contributed by atoms with E-state index in [1.807, 2.05) is 49.3 Å². The lowest BCUT2D eigenvalue weighted by Gasteiger charge is -2.15. The summed E-state index contributed by atoms with van der Waals surface area (Å²) < 4.78 is 5.80. The number of aryl methyl sites for hydroxylation is 1. The van der Waals surface area contributed by atoms with E-state index in [9.17, 15) is 14.9 Å². The first kappa shape index (κ1) is 19.4. The van der Waals surface area contributed by atoms with Crippen molar-refractivity contribution in [1.29, 1.82) is 0 Å². The molecule has 0 bridgehead atoms. The minimum absolute atomic E-state index is 0.119. The standard InChI is InChI=1S/C19H23N3O4/c1-21(2)12-6-9-15-10-11-16(19(20)23)17(22(24)25)18(15)26-13-14-7-4-3-5-8-14/h3-5,7-8,10-11H,6,9,12-13H2,1-2H3,(H2,20,23). The molecule has 0 aliphatic rings. The summed E-state index contributed by atoms with van der Waals surface area (Å²) in [6.45, 7) is 1.01. The van der Waals surface area contributed by atoms with E-state index in [1.54, 1.807) is 6.07 Å². The van der Waals surface area contributed by atoms with Gasteiger partial charge in [0.2, 0.25) is 5.75 Å². The Kier molecular flexibility index (Phi) is 6.68. The van der Waals surface area contributed by atoms with Crippen molar-refractivity contribution < 1.29 is 14.5 Å². The molecule has 26 heavy (non-hydrogen) atoms. The number of primary amides is 1. The number of ether oxygens (including phenoxy) is 1. The quantitative estimate of drug-likeness (QED) is 0.549. The van der Waals surface area contributed by atoms with E-state index in [-0.39, 0.29) is 23.6 Å². The molecule has 0 heterocycles. The third-order valence-electron chi connectivity index (χ3n) is 3.94. The third kappa shape index (κ3) is 5.03. The lowest BCUT2D eigenvalue weighted by atomic mass is 10.0. The molecule has 0 spiro atoms. The second-order valence-electron chi connectivity index (χ2n) is 6.25. The van der Waals surface area contributed by atoms with Gasteiger partial charge in [0.15, 0.2) is 0 Å². The van der Waals surface area contributed by atoms with Gasteiger partial charge in [-0.1, -0.05) is 36.4 Å². The predicted octanol–water partition coefficient (Wildman–Crippen LogP) is 2.77. The van der Waals surface area contributed by atoms with E-state index in [2.05, 4.69) is 0 Å². The van der Waals surface area contributed by atoms with E-state index < -0.39 is 10.8 Å². The Labute approximate surface area is 152 Å². The van der Waals surface area contributed by atoms with Gasteiger partial charge in [0.25, 0.3) is 5.91 Å². The molecule has 0 aromatic heterocycles. The molecule has 0 saturated carbocycles. The average molecular weight is 357 g/mol. The number of hydrogen-bond donors (Lipinski definition) is 1. The van der Waals surface area contributed by atoms with Gasteiger partial charge < -0.3 is 15.4 Å². The lowest BCUT2D eigenvalue weighted by Crippen LogP contribution is -2.16. The zero-order valence-electron chi connectivity index (χ0n) is 15.0. The molecule has 0 radical (unpaired) electrons. The van der Waals surface area contributed by atoms with Crippen molar-refractivity contribution in [2.24, 2.45) is 5.73 Å². The number of carbonyl (C=O) groups is 1. The molecule has 0 unspecified atom stereocenters. The Morgan fingerprint density at radius 1 is 1.19 bits per heavy atom. The zero-order chi connectivity index (χ0) is 19.1. The van der Waals surface area contributed by atoms with Crippen LogP contribution < -0.4 is 10.5 Å². The first-order valence-electron chi connectivity index (χ1n) is 8.31. The number of nitro benzene ring substituents is 1. The van der Waals surface area contributed by atoms with Crippen molar-refractivity contribution >= 4 is 11.6 Å². The van der Waals surface area contributed by atoms with Gasteiger partial charge in [0.1, 0.15) is 12.2 Å². The number of rotatable bonds is 9. The van der Waals surface area contributed by atoms with Gasteiger partial charge in [-0.3, -0.25) is 14.9 Å². The van der Waals surface area contributed by atoms with Crippen LogP contribution in [-0.4, -0.2) is 36.4 Å². The topological polar surface area (TPSA) is 98.7 Å². The summed E-state index contributed by atoms with van der Waals surface area (Å²) in [5, 5.41) is 11.6. The summed E-state index contributed by atoms with van der Waals surface area (Å²) in [6, 6.07) is 12.4. The van der Waals surface area contributed by atoms with Gasteiger partial charge in [-0.05, 0) is 45.1 Å². The monoisotopic (exact) mass is 357 g/mol. The minimum atomic E-state index is -0.846. The van der Waals surface area contributed by atoms with E-state index >= 15 is 0 Å². The molecule has 2 rings (SSSR count). The molecule has 7 nitrogen and oxygen atoms in total. The molecular weight excluding hydrogens is 334 g/mol. The third-order valence-corrected chi connectivity index (χ3v) is 3.94. The van der Waals surface area contributed by atoms with Crippen LogP contribution in [0.3, 0.4) is 0 Å². The van der Waals surface area contributed by atoms with Crippen molar-refractivity contribution in [1.82, 2.24) is 4.90 Å². The van der Waals surface area contributed by atoms with Crippen LogP contribution in [-0.2, 0) is 13.0 Å². The molecule has 0 aliphatic carbocycles. The normalized spacial score (nSPS) is 10.7. The number of hydrogen-bond acceptors (Lipinski definition) is 5. The Morgan fingerprint density at radius 2 is 1.88 bits per heavy atom. The fraction of sp³-hybridized carbons (Fsp3) is 0.316. The van der Waals surface area contributed by atoms with E-state index in [0.717, 1.165) is 18.5 Å². The van der Waals surface area contributed by atoms with Gasteiger partial charge >= 0.3 is 5.69 Å². The first-order chi connectivity index (χ1) is 12.4. The van der Waals surface area contributed by atoms with E-state index in [0.29, 0.717) is 12.0 Å². The Hall–Kier alpha value is -2.93. The number of carbonyl (C=O) groups excluding carboxylic acids is 1. The van der Waals surface area contributed by atoms with Crippen LogP contribution in [0.15, 0.2) is 42.5 Å². The molecule has 0 aliphatic heterocycles. The smallest absolute Gasteiger partial charge is 0.323 e. The summed E-state index contributed by atoms with van der Waals surface area (Å²) in [6.07, 6.45) is 1.41. The first-order valence-corrected chi connectivity index (χ1v) is 8.31. The largest absolute Gasteiger partial charge is 0.482 e. The van der Waals surface area contributed by atoms with Crippen LogP contribution in [0, 0.1) is 10.1 Å². The predicted molar refractivity (Wildman–Crippen MR) is 99.3 cm³/mol. The summed E-state index contributed by atoms with van der Waals surface area (Å²) >= 11 is 0. The Bertz CT molecular complexity index is 776. The van der Waals surface area contributed by atoms with Gasteiger partial charge in [0, 0.05) is 5.56 Å². The second-order valence-corrected chi connectivity index (χ2v) is 6.25. The number of benzene rings is 2. The van der Waals surface area contributed by atoms with Gasteiger partial charge in [-0.25, -0.2) is 0 Å². The molecule has 0 atom stereocenters. The summed E-state index contributed by atoms with van der Waals surface area (Å²) in [4.78, 5) is 24.7. The fourth-order valence-corrected chi connectivity index (χ4v) is 2.67. The van der Waals surface area contributed by atoms with Crippen LogP contribution in [0.25, 0.3) is 0 Å². The van der Waals surface area contributed by atoms with Gasteiger partial charge in [-0.15, -0.1) is 0 Å². The highest BCUT2D eigenvalue weighted by molar-refractivity contribution is 5.98. The molecule has 0 saturated heterocycles. The van der Waals surface area contributed by atoms with Crippen LogP contribution in [0.5, 0.6) is 5.75 Å². The van der Waals surface area contributed by atoms with Crippen molar-refractivity contribution in [2.45, 2.75) is 19.4 Å². The summed E-state index contributed by atoms with van der Waals surface area (Å²) in [5.74, 6) is -0.727. The number of nitrogens with zero attached hydrogens (tertiary/aromatic N) is 2. The maximum Gasteiger partial charge on any atom is 0.323 e. The van der Waals surface area contributed by atoms with Gasteiger partial charge in [0.05, 0.1) is 4.92 Å². The molecule has 2 aromatic carbocycles. The molecule has 2 aromatic rings. The lowest BCUT2D eigenvalue weighted by molar-refractivity contribution is -0.386. The highest BCUT2D eigenvalue weighted by Crippen LogP contribution is 2.36. The Balaban J connectivity index is 2.38. The molecule has 1 amide bonds. The second kappa shape index (κ2) is 8.96. The van der Waals surface area contributed by atoms with Crippen molar-refractivity contribution in [3.8, 4) is 5.75 Å². The van der Waals surface area contributed by atoms with Crippen LogP contribution in [0.2, 0.25) is 0 Å². The summed E-state index contributed by atoms with van der Waals surface area (Å²) in [5.41, 5.74) is 6.38. The Morgan fingerprint density at radius 3 is 2.46 bits per heavy atom. The van der Waals surface area contributed by atoms with E-state index in [1.165, 1.54) is 6.07 Å². The van der Waals surface area contributed by atoms with Crippen LogP contribution >= 0.6 is 0 Å².